The minimum Gasteiger partial charge on any atom is -0.355 e. The van der Waals surface area contributed by atoms with E-state index in [4.69, 9.17) is 23.2 Å². The summed E-state index contributed by atoms with van der Waals surface area (Å²) in [6, 6.07) is 12.5. The summed E-state index contributed by atoms with van der Waals surface area (Å²) in [6.45, 7) is 3.44. The number of halogens is 2. The van der Waals surface area contributed by atoms with Crippen molar-refractivity contribution in [3.8, 4) is 0 Å². The molecule has 10 heteroatoms. The lowest BCUT2D eigenvalue weighted by molar-refractivity contribution is -0.140. The minimum absolute atomic E-state index is 0.0423. The van der Waals surface area contributed by atoms with E-state index >= 15 is 0 Å². The van der Waals surface area contributed by atoms with E-state index in [0.717, 1.165) is 10.6 Å². The van der Waals surface area contributed by atoms with Gasteiger partial charge in [0, 0.05) is 28.7 Å². The van der Waals surface area contributed by atoms with E-state index in [1.807, 2.05) is 0 Å². The molecule has 2 amide bonds. The predicted molar refractivity (Wildman–Crippen MR) is 128 cm³/mol. The molecule has 0 unspecified atom stereocenters. The molecule has 1 N–H and O–H groups in total. The quantitative estimate of drug-likeness (QED) is 0.539. The minimum atomic E-state index is -3.77. The van der Waals surface area contributed by atoms with E-state index in [1.165, 1.54) is 4.90 Å². The number of amides is 2. The van der Waals surface area contributed by atoms with Crippen LogP contribution in [-0.4, -0.2) is 50.5 Å². The summed E-state index contributed by atoms with van der Waals surface area (Å²) in [7, 11) is -3.77. The molecule has 2 aromatic carbocycles. The molecule has 0 heterocycles. The molecule has 1 atom stereocenters. The number of hydrogen-bond donors (Lipinski definition) is 1. The third-order valence-electron chi connectivity index (χ3n) is 4.85. The largest absolute Gasteiger partial charge is 0.355 e. The molecule has 0 radical (unpaired) electrons. The van der Waals surface area contributed by atoms with Crippen LogP contribution >= 0.6 is 23.2 Å². The number of para-hydroxylation sites is 1. The van der Waals surface area contributed by atoms with Crippen LogP contribution in [0.15, 0.2) is 48.5 Å². The molecule has 0 aliphatic carbocycles. The van der Waals surface area contributed by atoms with Crippen molar-refractivity contribution in [2.75, 3.05) is 23.7 Å². The highest BCUT2D eigenvalue weighted by molar-refractivity contribution is 7.92. The highest BCUT2D eigenvalue weighted by Crippen LogP contribution is 2.27. The third kappa shape index (κ3) is 6.60. The van der Waals surface area contributed by atoms with Gasteiger partial charge in [-0.2, -0.15) is 0 Å². The van der Waals surface area contributed by atoms with Crippen molar-refractivity contribution in [1.82, 2.24) is 10.2 Å². The molecule has 32 heavy (non-hydrogen) atoms. The molecule has 7 nitrogen and oxygen atoms in total. The first-order chi connectivity index (χ1) is 15.1. The standard InChI is InChI=1S/C22H27Cl2N3O4S/c1-4-20(22(29)25-5-2)26(14-17-18(23)12-9-13-19(17)24)21(28)15-27(32(3,30)31)16-10-7-6-8-11-16/h6-13,20H,4-5,14-15H2,1-3H3,(H,25,29)/t20-/m0/s1. The Kier molecular flexibility index (Phi) is 9.36. The molecular formula is C22H27Cl2N3O4S. The number of rotatable bonds is 10. The maximum Gasteiger partial charge on any atom is 0.244 e. The fourth-order valence-corrected chi connectivity index (χ4v) is 4.64. The van der Waals surface area contributed by atoms with Crippen LogP contribution in [0.3, 0.4) is 0 Å². The number of carbonyl (C=O) groups excluding carboxylic acids is 2. The molecule has 0 saturated heterocycles. The van der Waals surface area contributed by atoms with Gasteiger partial charge in [-0.15, -0.1) is 0 Å². The number of benzene rings is 2. The lowest BCUT2D eigenvalue weighted by Crippen LogP contribution is -2.52. The van der Waals surface area contributed by atoms with Crippen molar-refractivity contribution in [1.29, 1.82) is 0 Å². The number of nitrogens with zero attached hydrogens (tertiary/aromatic N) is 2. The summed E-state index contributed by atoms with van der Waals surface area (Å²) in [5, 5.41) is 3.43. The van der Waals surface area contributed by atoms with Gasteiger partial charge in [-0.3, -0.25) is 13.9 Å². The summed E-state index contributed by atoms with van der Waals surface area (Å²) < 4.78 is 25.9. The van der Waals surface area contributed by atoms with Gasteiger partial charge in [-0.1, -0.05) is 54.4 Å². The van der Waals surface area contributed by atoms with Crippen LogP contribution in [-0.2, 0) is 26.2 Å². The Labute approximate surface area is 199 Å². The fraction of sp³-hybridized carbons (Fsp3) is 0.364. The van der Waals surface area contributed by atoms with Crippen LogP contribution in [0.5, 0.6) is 0 Å². The number of nitrogens with one attached hydrogen (secondary N) is 1. The van der Waals surface area contributed by atoms with Crippen molar-refractivity contribution in [2.24, 2.45) is 0 Å². The first kappa shape index (κ1) is 26.0. The average Bonchev–Trinajstić information content (AvgIpc) is 2.73. The lowest BCUT2D eigenvalue weighted by Gasteiger charge is -2.33. The lowest BCUT2D eigenvalue weighted by atomic mass is 10.1. The van der Waals surface area contributed by atoms with Gasteiger partial charge in [0.2, 0.25) is 21.8 Å². The summed E-state index contributed by atoms with van der Waals surface area (Å²) in [5.41, 5.74) is 0.836. The van der Waals surface area contributed by atoms with Gasteiger partial charge in [-0.05, 0) is 37.6 Å². The maximum atomic E-state index is 13.5. The van der Waals surface area contributed by atoms with Crippen LogP contribution in [0.4, 0.5) is 5.69 Å². The maximum absolute atomic E-state index is 13.5. The SMILES string of the molecule is CCNC(=O)[C@H](CC)N(Cc1c(Cl)cccc1Cl)C(=O)CN(c1ccccc1)S(C)(=O)=O. The number of hydrogen-bond acceptors (Lipinski definition) is 4. The third-order valence-corrected chi connectivity index (χ3v) is 6.70. The summed E-state index contributed by atoms with van der Waals surface area (Å²) in [5.74, 6) is -0.884. The Morgan fingerprint density at radius 3 is 2.09 bits per heavy atom. The number of sulfonamides is 1. The van der Waals surface area contributed by atoms with Crippen LogP contribution in [0.2, 0.25) is 10.0 Å². The number of anilines is 1. The topological polar surface area (TPSA) is 86.8 Å². The molecule has 0 fully saturated rings. The van der Waals surface area contributed by atoms with Crippen LogP contribution in [0.1, 0.15) is 25.8 Å². The van der Waals surface area contributed by atoms with Crippen molar-refractivity contribution < 1.29 is 18.0 Å². The molecule has 0 aliphatic heterocycles. The van der Waals surface area contributed by atoms with Crippen molar-refractivity contribution in [2.45, 2.75) is 32.9 Å². The van der Waals surface area contributed by atoms with Crippen LogP contribution in [0, 0.1) is 0 Å². The van der Waals surface area contributed by atoms with Gasteiger partial charge in [0.25, 0.3) is 0 Å². The Morgan fingerprint density at radius 2 is 1.59 bits per heavy atom. The fourth-order valence-electron chi connectivity index (χ4n) is 3.27. The van der Waals surface area contributed by atoms with E-state index < -0.39 is 28.5 Å². The summed E-state index contributed by atoms with van der Waals surface area (Å²) in [6.07, 6.45) is 1.35. The molecular weight excluding hydrogens is 473 g/mol. The second-order valence-corrected chi connectivity index (χ2v) is 9.87. The van der Waals surface area contributed by atoms with Gasteiger partial charge < -0.3 is 10.2 Å². The monoisotopic (exact) mass is 499 g/mol. The first-order valence-corrected chi connectivity index (χ1v) is 12.7. The van der Waals surface area contributed by atoms with Gasteiger partial charge in [0.1, 0.15) is 12.6 Å². The molecule has 0 saturated carbocycles. The highest BCUT2D eigenvalue weighted by Gasteiger charge is 2.32. The Bertz CT molecular complexity index is 1030. The van der Waals surface area contributed by atoms with Gasteiger partial charge >= 0.3 is 0 Å². The Balaban J connectivity index is 2.47. The van der Waals surface area contributed by atoms with Crippen molar-refractivity contribution >= 4 is 50.7 Å². The van der Waals surface area contributed by atoms with E-state index in [-0.39, 0.29) is 12.5 Å². The van der Waals surface area contributed by atoms with Crippen LogP contribution < -0.4 is 9.62 Å². The normalized spacial score (nSPS) is 12.2. The van der Waals surface area contributed by atoms with E-state index in [9.17, 15) is 18.0 Å². The molecule has 2 aromatic rings. The second-order valence-electron chi connectivity index (χ2n) is 7.15. The molecule has 0 aromatic heterocycles. The summed E-state index contributed by atoms with van der Waals surface area (Å²) >= 11 is 12.6. The van der Waals surface area contributed by atoms with Crippen molar-refractivity contribution in [3.05, 3.63) is 64.1 Å². The zero-order valence-corrected chi connectivity index (χ0v) is 20.5. The molecule has 0 bridgehead atoms. The zero-order chi connectivity index (χ0) is 23.9. The van der Waals surface area contributed by atoms with Crippen molar-refractivity contribution in [3.63, 3.8) is 0 Å². The highest BCUT2D eigenvalue weighted by atomic mass is 35.5. The van der Waals surface area contributed by atoms with Gasteiger partial charge in [0.15, 0.2) is 0 Å². The summed E-state index contributed by atoms with van der Waals surface area (Å²) in [4.78, 5) is 27.5. The molecule has 0 aliphatic rings. The number of likely N-dealkylation sites (N-methyl/N-ethyl adjacent to an activating group) is 1. The zero-order valence-electron chi connectivity index (χ0n) is 18.2. The number of carbonyl (C=O) groups is 2. The van der Waals surface area contributed by atoms with Gasteiger partial charge in [0.05, 0.1) is 11.9 Å². The predicted octanol–water partition coefficient (Wildman–Crippen LogP) is 3.70. The first-order valence-electron chi connectivity index (χ1n) is 10.1. The second kappa shape index (κ2) is 11.5. The Hall–Kier alpha value is -2.29. The average molecular weight is 500 g/mol. The van der Waals surface area contributed by atoms with Crippen LogP contribution in [0.25, 0.3) is 0 Å². The van der Waals surface area contributed by atoms with E-state index in [0.29, 0.717) is 34.3 Å². The molecule has 2 rings (SSSR count). The molecule has 174 valence electrons. The Morgan fingerprint density at radius 1 is 1.00 bits per heavy atom. The smallest absolute Gasteiger partial charge is 0.244 e. The van der Waals surface area contributed by atoms with E-state index in [2.05, 4.69) is 5.32 Å². The molecule has 0 spiro atoms. The van der Waals surface area contributed by atoms with E-state index in [1.54, 1.807) is 62.4 Å². The van der Waals surface area contributed by atoms with Gasteiger partial charge in [-0.25, -0.2) is 8.42 Å².